The molecule has 1 amide bonds. The molecule has 0 saturated carbocycles. The van der Waals surface area contributed by atoms with Gasteiger partial charge in [0.1, 0.15) is 23.5 Å². The van der Waals surface area contributed by atoms with Gasteiger partial charge >= 0.3 is 0 Å². The molecule has 3 aromatic carbocycles. The number of rotatable bonds is 7. The quantitative estimate of drug-likeness (QED) is 0.261. The summed E-state index contributed by atoms with van der Waals surface area (Å²) in [6.45, 7) is 3.68. The summed E-state index contributed by atoms with van der Waals surface area (Å²) in [5, 5.41) is 8.51. The van der Waals surface area contributed by atoms with Crippen molar-refractivity contribution in [2.24, 2.45) is 0 Å². The number of thiazole rings is 1. The van der Waals surface area contributed by atoms with Gasteiger partial charge in [-0.05, 0) is 74.0 Å². The minimum Gasteiger partial charge on any atom is -0.484 e. The third-order valence-corrected chi connectivity index (χ3v) is 6.59. The molecule has 0 aliphatic heterocycles. The summed E-state index contributed by atoms with van der Waals surface area (Å²) < 4.78 is 35.4. The standard InChI is InChI=1S/C27H22F2N4O2S.CH4/c1-16-14-30-27(36-16)26(34)32-17(2)25(18-4-3-5-21(29)12-18)35-23-10-11-24-19(13-23)15-31-33(24)22-8-6-20(28)7-9-22;/h3-15,17,25H,1-2H3,(H,32,34);1H4/t17-,25-;/m0./s1. The number of nitrogens with one attached hydrogen (secondary N) is 1. The zero-order chi connectivity index (χ0) is 25.2. The van der Waals surface area contributed by atoms with Crippen LogP contribution in [0.25, 0.3) is 16.6 Å². The van der Waals surface area contributed by atoms with Crippen LogP contribution in [0.1, 0.15) is 40.7 Å². The SMILES string of the molecule is C.Cc1cnc(C(=O)N[C@@H](C)[C@H](Oc2ccc3c(cnn3-c3ccc(F)cc3)c2)c2cccc(F)c2)s1. The first kappa shape index (κ1) is 26.0. The Hall–Kier alpha value is -4.11. The van der Waals surface area contributed by atoms with E-state index < -0.39 is 18.0 Å². The van der Waals surface area contributed by atoms with Crippen molar-refractivity contribution >= 4 is 28.1 Å². The van der Waals surface area contributed by atoms with E-state index in [9.17, 15) is 13.6 Å². The number of hydrogen-bond acceptors (Lipinski definition) is 5. The van der Waals surface area contributed by atoms with Gasteiger partial charge in [-0.3, -0.25) is 4.79 Å². The van der Waals surface area contributed by atoms with Crippen LogP contribution in [-0.2, 0) is 0 Å². The first-order chi connectivity index (χ1) is 17.4. The predicted molar refractivity (Wildman–Crippen MR) is 141 cm³/mol. The number of halogens is 2. The fraction of sp³-hybridized carbons (Fsp3) is 0.179. The molecule has 37 heavy (non-hydrogen) atoms. The van der Waals surface area contributed by atoms with E-state index in [0.717, 1.165) is 21.5 Å². The summed E-state index contributed by atoms with van der Waals surface area (Å²) in [6.07, 6.45) is 2.67. The van der Waals surface area contributed by atoms with Crippen LogP contribution >= 0.6 is 11.3 Å². The number of carbonyl (C=O) groups excluding carboxylic acids is 1. The van der Waals surface area contributed by atoms with E-state index in [1.807, 2.05) is 19.1 Å². The van der Waals surface area contributed by atoms with Gasteiger partial charge in [0.25, 0.3) is 5.91 Å². The van der Waals surface area contributed by atoms with Crippen LogP contribution in [-0.4, -0.2) is 26.7 Å². The lowest BCUT2D eigenvalue weighted by molar-refractivity contribution is 0.0881. The van der Waals surface area contributed by atoms with E-state index in [0.29, 0.717) is 16.3 Å². The molecule has 0 saturated heterocycles. The minimum absolute atomic E-state index is 0. The molecule has 0 aliphatic rings. The Morgan fingerprint density at radius 2 is 1.81 bits per heavy atom. The van der Waals surface area contributed by atoms with Crippen molar-refractivity contribution in [1.29, 1.82) is 0 Å². The molecule has 0 aliphatic carbocycles. The summed E-state index contributed by atoms with van der Waals surface area (Å²) in [5.41, 5.74) is 2.13. The molecule has 0 bridgehead atoms. The first-order valence-electron chi connectivity index (χ1n) is 11.3. The van der Waals surface area contributed by atoms with E-state index >= 15 is 0 Å². The monoisotopic (exact) mass is 520 g/mol. The normalized spacial score (nSPS) is 12.5. The molecule has 2 atom stereocenters. The molecule has 1 N–H and O–H groups in total. The van der Waals surface area contributed by atoms with Crippen LogP contribution in [0.15, 0.2) is 79.1 Å². The van der Waals surface area contributed by atoms with Gasteiger partial charge in [-0.2, -0.15) is 5.10 Å². The van der Waals surface area contributed by atoms with Crippen molar-refractivity contribution in [1.82, 2.24) is 20.1 Å². The highest BCUT2D eigenvalue weighted by Gasteiger charge is 2.25. The van der Waals surface area contributed by atoms with Gasteiger partial charge in [0.15, 0.2) is 5.01 Å². The molecular formula is C28H26F2N4O2S. The lowest BCUT2D eigenvalue weighted by atomic mass is 10.0. The van der Waals surface area contributed by atoms with Crippen LogP contribution < -0.4 is 10.1 Å². The van der Waals surface area contributed by atoms with Gasteiger partial charge in [-0.25, -0.2) is 18.4 Å². The van der Waals surface area contributed by atoms with Gasteiger partial charge in [0, 0.05) is 16.5 Å². The average Bonchev–Trinajstić information content (AvgIpc) is 3.49. The highest BCUT2D eigenvalue weighted by Crippen LogP contribution is 2.29. The molecule has 6 nitrogen and oxygen atoms in total. The summed E-state index contributed by atoms with van der Waals surface area (Å²) in [6, 6.07) is 17.2. The second-order valence-corrected chi connectivity index (χ2v) is 9.62. The Bertz CT molecular complexity index is 1530. The molecule has 2 heterocycles. The van der Waals surface area contributed by atoms with Crippen molar-refractivity contribution in [2.75, 3.05) is 0 Å². The predicted octanol–water partition coefficient (Wildman–Crippen LogP) is 6.64. The molecule has 0 radical (unpaired) electrons. The maximum Gasteiger partial charge on any atom is 0.280 e. The van der Waals surface area contributed by atoms with Crippen molar-refractivity contribution in [2.45, 2.75) is 33.4 Å². The van der Waals surface area contributed by atoms with E-state index in [-0.39, 0.29) is 19.2 Å². The number of carbonyl (C=O) groups is 1. The number of aromatic nitrogens is 3. The maximum absolute atomic E-state index is 14.1. The topological polar surface area (TPSA) is 69.0 Å². The Morgan fingerprint density at radius 1 is 1.03 bits per heavy atom. The van der Waals surface area contributed by atoms with Gasteiger partial charge < -0.3 is 10.1 Å². The van der Waals surface area contributed by atoms with Crippen LogP contribution in [0.3, 0.4) is 0 Å². The van der Waals surface area contributed by atoms with Crippen LogP contribution in [0.4, 0.5) is 8.78 Å². The van der Waals surface area contributed by atoms with Crippen molar-refractivity contribution in [3.05, 3.63) is 106 Å². The van der Waals surface area contributed by atoms with Gasteiger partial charge in [0.05, 0.1) is 23.4 Å². The Balaban J connectivity index is 0.00000320. The molecule has 9 heteroatoms. The number of fused-ring (bicyclic) bond motifs is 1. The molecule has 0 unspecified atom stereocenters. The Kier molecular flexibility index (Phi) is 7.63. The van der Waals surface area contributed by atoms with Crippen molar-refractivity contribution in [3.63, 3.8) is 0 Å². The number of aryl methyl sites for hydroxylation is 1. The van der Waals surface area contributed by atoms with Crippen molar-refractivity contribution < 1.29 is 18.3 Å². The first-order valence-corrected chi connectivity index (χ1v) is 12.1. The van der Waals surface area contributed by atoms with E-state index in [1.54, 1.807) is 54.3 Å². The van der Waals surface area contributed by atoms with E-state index in [2.05, 4.69) is 15.4 Å². The zero-order valence-electron chi connectivity index (χ0n) is 19.5. The lowest BCUT2D eigenvalue weighted by Gasteiger charge is -2.26. The molecule has 0 fully saturated rings. The third-order valence-electron chi connectivity index (χ3n) is 5.68. The molecule has 5 rings (SSSR count). The van der Waals surface area contributed by atoms with Gasteiger partial charge in [0.2, 0.25) is 0 Å². The number of benzene rings is 3. The average molecular weight is 521 g/mol. The smallest absolute Gasteiger partial charge is 0.280 e. The molecular weight excluding hydrogens is 494 g/mol. The number of ether oxygens (including phenoxy) is 1. The largest absolute Gasteiger partial charge is 0.484 e. The van der Waals surface area contributed by atoms with E-state index in [1.165, 1.54) is 35.6 Å². The molecule has 0 spiro atoms. The fourth-order valence-electron chi connectivity index (χ4n) is 3.97. The maximum atomic E-state index is 14.1. The molecule has 190 valence electrons. The second-order valence-electron chi connectivity index (χ2n) is 8.39. The fourth-order valence-corrected chi connectivity index (χ4v) is 4.63. The number of nitrogens with zero attached hydrogens (tertiary/aromatic N) is 3. The Morgan fingerprint density at radius 3 is 2.51 bits per heavy atom. The lowest BCUT2D eigenvalue weighted by Crippen LogP contribution is -2.39. The highest BCUT2D eigenvalue weighted by atomic mass is 32.1. The summed E-state index contributed by atoms with van der Waals surface area (Å²) in [7, 11) is 0. The number of hydrogen-bond donors (Lipinski definition) is 1. The minimum atomic E-state index is -0.671. The molecule has 5 aromatic rings. The van der Waals surface area contributed by atoms with Crippen LogP contribution in [0.5, 0.6) is 5.75 Å². The highest BCUT2D eigenvalue weighted by molar-refractivity contribution is 7.13. The second kappa shape index (κ2) is 10.9. The van der Waals surface area contributed by atoms with Crippen LogP contribution in [0.2, 0.25) is 0 Å². The van der Waals surface area contributed by atoms with E-state index in [4.69, 9.17) is 4.74 Å². The van der Waals surface area contributed by atoms with Gasteiger partial charge in [-0.15, -0.1) is 11.3 Å². The number of amides is 1. The van der Waals surface area contributed by atoms with Crippen molar-refractivity contribution in [3.8, 4) is 11.4 Å². The molecule has 2 aromatic heterocycles. The van der Waals surface area contributed by atoms with Crippen LogP contribution in [0, 0.1) is 18.6 Å². The third kappa shape index (κ3) is 5.67. The summed E-state index contributed by atoms with van der Waals surface area (Å²) >= 11 is 1.30. The Labute approximate surface area is 217 Å². The summed E-state index contributed by atoms with van der Waals surface area (Å²) in [5.74, 6) is -0.505. The summed E-state index contributed by atoms with van der Waals surface area (Å²) in [4.78, 5) is 17.8. The van der Waals surface area contributed by atoms with Gasteiger partial charge in [-0.1, -0.05) is 19.6 Å². The zero-order valence-corrected chi connectivity index (χ0v) is 20.3.